The standard InChI is InChI=1S/C26H30N2O5/c1-16-6-7-17(2)26(18(16)3)33-14-22(29)19-8-11-23-21(13-19)28(25(31)15-32-23)12-4-5-24(30)27-20-9-10-20/h6-8,11,13,20H,4-5,9-10,12,14-15H2,1-3H3,(H,27,30). The third-order valence-electron chi connectivity index (χ3n) is 6.17. The second kappa shape index (κ2) is 9.65. The van der Waals surface area contributed by atoms with Crippen LogP contribution in [0.25, 0.3) is 0 Å². The van der Waals surface area contributed by atoms with Gasteiger partial charge in [0.05, 0.1) is 5.69 Å². The van der Waals surface area contributed by atoms with Crippen LogP contribution in [0.1, 0.15) is 52.7 Å². The number of carbonyl (C=O) groups is 3. The summed E-state index contributed by atoms with van der Waals surface area (Å²) in [7, 11) is 0. The largest absolute Gasteiger partial charge is 0.485 e. The highest BCUT2D eigenvalue weighted by Crippen LogP contribution is 2.34. The number of aryl methyl sites for hydroxylation is 2. The summed E-state index contributed by atoms with van der Waals surface area (Å²) in [6.45, 7) is 6.19. The molecule has 33 heavy (non-hydrogen) atoms. The average molecular weight is 451 g/mol. The van der Waals surface area contributed by atoms with Crippen LogP contribution in [0, 0.1) is 20.8 Å². The van der Waals surface area contributed by atoms with Gasteiger partial charge in [-0.1, -0.05) is 12.1 Å². The van der Waals surface area contributed by atoms with E-state index in [0.29, 0.717) is 42.4 Å². The van der Waals surface area contributed by atoms with Crippen molar-refractivity contribution in [2.75, 3.05) is 24.7 Å². The average Bonchev–Trinajstić information content (AvgIpc) is 3.61. The van der Waals surface area contributed by atoms with Crippen molar-refractivity contribution < 1.29 is 23.9 Å². The van der Waals surface area contributed by atoms with Gasteiger partial charge in [-0.05, 0) is 74.9 Å². The first-order chi connectivity index (χ1) is 15.8. The topological polar surface area (TPSA) is 84.9 Å². The van der Waals surface area contributed by atoms with Crippen LogP contribution in [0.4, 0.5) is 5.69 Å². The van der Waals surface area contributed by atoms with Crippen LogP contribution in [0.2, 0.25) is 0 Å². The van der Waals surface area contributed by atoms with Crippen LogP contribution < -0.4 is 19.7 Å². The Hall–Kier alpha value is -3.35. The van der Waals surface area contributed by atoms with Crippen molar-refractivity contribution >= 4 is 23.3 Å². The van der Waals surface area contributed by atoms with Crippen molar-refractivity contribution in [2.45, 2.75) is 52.5 Å². The van der Waals surface area contributed by atoms with Gasteiger partial charge >= 0.3 is 0 Å². The number of nitrogens with one attached hydrogen (secondary N) is 1. The minimum atomic E-state index is -0.183. The van der Waals surface area contributed by atoms with E-state index in [4.69, 9.17) is 9.47 Å². The molecule has 1 heterocycles. The van der Waals surface area contributed by atoms with Gasteiger partial charge < -0.3 is 19.7 Å². The molecular weight excluding hydrogens is 420 g/mol. The summed E-state index contributed by atoms with van der Waals surface area (Å²) in [5.74, 6) is 0.934. The lowest BCUT2D eigenvalue weighted by Gasteiger charge is -2.29. The molecule has 2 aliphatic rings. The van der Waals surface area contributed by atoms with Gasteiger partial charge in [0.25, 0.3) is 5.91 Å². The molecule has 1 N–H and O–H groups in total. The number of ketones is 1. The number of ether oxygens (including phenoxy) is 2. The second-order valence-corrected chi connectivity index (χ2v) is 8.83. The molecule has 1 aliphatic heterocycles. The highest BCUT2D eigenvalue weighted by Gasteiger charge is 2.27. The Kier molecular flexibility index (Phi) is 6.67. The van der Waals surface area contributed by atoms with E-state index in [1.807, 2.05) is 32.9 Å². The fourth-order valence-electron chi connectivity index (χ4n) is 3.91. The third-order valence-corrected chi connectivity index (χ3v) is 6.17. The van der Waals surface area contributed by atoms with Crippen molar-refractivity contribution in [1.29, 1.82) is 0 Å². The summed E-state index contributed by atoms with van der Waals surface area (Å²) in [6, 6.07) is 9.42. The molecule has 2 aromatic rings. The molecule has 0 radical (unpaired) electrons. The molecule has 2 amide bonds. The Bertz CT molecular complexity index is 1090. The normalized spacial score (nSPS) is 15.0. The Morgan fingerprint density at radius 2 is 1.88 bits per heavy atom. The van der Waals surface area contributed by atoms with Crippen LogP contribution in [0.15, 0.2) is 30.3 Å². The Morgan fingerprint density at radius 3 is 2.64 bits per heavy atom. The lowest BCUT2D eigenvalue weighted by molar-refractivity contribution is -0.122. The number of Topliss-reactive ketones (excluding diaryl/α,β-unsaturated/α-hetero) is 1. The molecule has 0 unspecified atom stereocenters. The maximum Gasteiger partial charge on any atom is 0.265 e. The molecule has 1 fully saturated rings. The van der Waals surface area contributed by atoms with Crippen LogP contribution >= 0.6 is 0 Å². The van der Waals surface area contributed by atoms with Gasteiger partial charge in [0.2, 0.25) is 5.91 Å². The van der Waals surface area contributed by atoms with Gasteiger partial charge in [-0.25, -0.2) is 0 Å². The first-order valence-corrected chi connectivity index (χ1v) is 11.4. The number of amides is 2. The zero-order chi connectivity index (χ0) is 23.5. The first kappa shape index (κ1) is 22.8. The number of rotatable bonds is 9. The van der Waals surface area contributed by atoms with E-state index in [0.717, 1.165) is 35.3 Å². The Balaban J connectivity index is 1.43. The number of benzene rings is 2. The maximum absolute atomic E-state index is 12.9. The van der Waals surface area contributed by atoms with Crippen molar-refractivity contribution in [1.82, 2.24) is 5.32 Å². The monoisotopic (exact) mass is 450 g/mol. The molecule has 2 aromatic carbocycles. The Labute approximate surface area is 194 Å². The van der Waals surface area contributed by atoms with Gasteiger partial charge in [-0.3, -0.25) is 14.4 Å². The molecule has 0 saturated heterocycles. The molecule has 7 heteroatoms. The predicted octanol–water partition coefficient (Wildman–Crippen LogP) is 3.66. The van der Waals surface area contributed by atoms with Gasteiger partial charge in [0, 0.05) is 24.6 Å². The van der Waals surface area contributed by atoms with E-state index in [-0.39, 0.29) is 30.8 Å². The van der Waals surface area contributed by atoms with Crippen molar-refractivity contribution in [3.05, 3.63) is 52.6 Å². The lowest BCUT2D eigenvalue weighted by Crippen LogP contribution is -2.40. The first-order valence-electron chi connectivity index (χ1n) is 11.4. The zero-order valence-corrected chi connectivity index (χ0v) is 19.4. The van der Waals surface area contributed by atoms with Gasteiger partial charge in [-0.2, -0.15) is 0 Å². The molecular formula is C26H30N2O5. The molecule has 174 valence electrons. The van der Waals surface area contributed by atoms with Crippen LogP contribution in [-0.4, -0.2) is 43.4 Å². The smallest absolute Gasteiger partial charge is 0.265 e. The van der Waals surface area contributed by atoms with Crippen molar-refractivity contribution in [2.24, 2.45) is 0 Å². The molecule has 4 rings (SSSR count). The molecule has 1 aliphatic carbocycles. The van der Waals surface area contributed by atoms with Gasteiger partial charge in [0.1, 0.15) is 11.5 Å². The molecule has 0 atom stereocenters. The number of carbonyl (C=O) groups excluding carboxylic acids is 3. The summed E-state index contributed by atoms with van der Waals surface area (Å²) in [6.07, 6.45) is 2.99. The summed E-state index contributed by atoms with van der Waals surface area (Å²) < 4.78 is 11.4. The number of nitrogens with zero attached hydrogens (tertiary/aromatic N) is 1. The SMILES string of the molecule is Cc1ccc(C)c(OCC(=O)c2ccc3c(c2)N(CCCC(=O)NC2CC2)C(=O)CO3)c1C. The molecule has 0 spiro atoms. The van der Waals surface area contributed by atoms with E-state index in [2.05, 4.69) is 5.32 Å². The Morgan fingerprint density at radius 1 is 1.12 bits per heavy atom. The van der Waals surface area contributed by atoms with E-state index in [1.54, 1.807) is 23.1 Å². The molecule has 0 bridgehead atoms. The van der Waals surface area contributed by atoms with E-state index in [1.165, 1.54) is 0 Å². The maximum atomic E-state index is 12.9. The lowest BCUT2D eigenvalue weighted by atomic mass is 10.1. The number of fused-ring (bicyclic) bond motifs is 1. The molecule has 0 aromatic heterocycles. The predicted molar refractivity (Wildman–Crippen MR) is 125 cm³/mol. The zero-order valence-electron chi connectivity index (χ0n) is 19.4. The van der Waals surface area contributed by atoms with Crippen LogP contribution in [-0.2, 0) is 9.59 Å². The second-order valence-electron chi connectivity index (χ2n) is 8.83. The van der Waals surface area contributed by atoms with Gasteiger partial charge in [-0.15, -0.1) is 0 Å². The summed E-state index contributed by atoms with van der Waals surface area (Å²) in [5, 5.41) is 2.96. The van der Waals surface area contributed by atoms with Crippen LogP contribution in [0.5, 0.6) is 11.5 Å². The van der Waals surface area contributed by atoms with E-state index < -0.39 is 0 Å². The summed E-state index contributed by atoms with van der Waals surface area (Å²) >= 11 is 0. The van der Waals surface area contributed by atoms with E-state index in [9.17, 15) is 14.4 Å². The van der Waals surface area contributed by atoms with Crippen LogP contribution in [0.3, 0.4) is 0 Å². The van der Waals surface area contributed by atoms with Gasteiger partial charge in [0.15, 0.2) is 19.0 Å². The summed E-state index contributed by atoms with van der Waals surface area (Å²) in [5.41, 5.74) is 4.11. The minimum absolute atomic E-state index is 0.0150. The number of anilines is 1. The fraction of sp³-hybridized carbons (Fsp3) is 0.423. The quantitative estimate of drug-likeness (QED) is 0.590. The molecule has 1 saturated carbocycles. The fourth-order valence-corrected chi connectivity index (χ4v) is 3.91. The highest BCUT2D eigenvalue weighted by molar-refractivity contribution is 6.02. The van der Waals surface area contributed by atoms with Crippen molar-refractivity contribution in [3.8, 4) is 11.5 Å². The van der Waals surface area contributed by atoms with Crippen molar-refractivity contribution in [3.63, 3.8) is 0 Å². The number of hydrogen-bond donors (Lipinski definition) is 1. The number of hydrogen-bond acceptors (Lipinski definition) is 5. The summed E-state index contributed by atoms with van der Waals surface area (Å²) in [4.78, 5) is 39.0. The highest BCUT2D eigenvalue weighted by atomic mass is 16.5. The molecule has 7 nitrogen and oxygen atoms in total. The van der Waals surface area contributed by atoms with E-state index >= 15 is 0 Å². The minimum Gasteiger partial charge on any atom is -0.485 e. The third kappa shape index (κ3) is 5.35.